The van der Waals surface area contributed by atoms with Crippen LogP contribution in [0.25, 0.3) is 0 Å². The molecule has 2 saturated heterocycles. The smallest absolute Gasteiger partial charge is 0.236 e. The second-order valence-corrected chi connectivity index (χ2v) is 10.6. The summed E-state index contributed by atoms with van der Waals surface area (Å²) in [7, 11) is 0. The summed E-state index contributed by atoms with van der Waals surface area (Å²) < 4.78 is 5.55. The van der Waals surface area contributed by atoms with Gasteiger partial charge in [0.15, 0.2) is 5.78 Å². The van der Waals surface area contributed by atoms with Crippen LogP contribution in [-0.4, -0.2) is 47.1 Å². The number of hydrogen-bond acceptors (Lipinski definition) is 4. The Hall–Kier alpha value is -1.33. The van der Waals surface area contributed by atoms with E-state index in [2.05, 4.69) is 58.9 Å². The molecule has 4 nitrogen and oxygen atoms in total. The zero-order valence-electron chi connectivity index (χ0n) is 17.7. The highest BCUT2D eigenvalue weighted by molar-refractivity contribution is 7.99. The van der Waals surface area contributed by atoms with Gasteiger partial charge in [0.1, 0.15) is 12.6 Å². The van der Waals surface area contributed by atoms with Crippen LogP contribution in [0, 0.1) is 5.92 Å². The second kappa shape index (κ2) is 8.58. The molecule has 2 aliphatic rings. The molecule has 1 aromatic carbocycles. The van der Waals surface area contributed by atoms with E-state index in [0.29, 0.717) is 12.5 Å². The van der Waals surface area contributed by atoms with Gasteiger partial charge in [-0.25, -0.2) is 0 Å². The largest absolute Gasteiger partial charge is 0.368 e. The van der Waals surface area contributed by atoms with E-state index in [-0.39, 0.29) is 41.1 Å². The molecule has 2 aliphatic heterocycles. The molecule has 0 N–H and O–H groups in total. The number of ether oxygens (including phenoxy) is 1. The third kappa shape index (κ3) is 4.80. The van der Waals surface area contributed by atoms with E-state index in [1.807, 2.05) is 0 Å². The fraction of sp³-hybridized carbons (Fsp3) is 0.652. The Balaban J connectivity index is 1.67. The van der Waals surface area contributed by atoms with Crippen LogP contribution < -0.4 is 0 Å². The zero-order chi connectivity index (χ0) is 20.5. The van der Waals surface area contributed by atoms with Gasteiger partial charge in [0.2, 0.25) is 5.91 Å². The molecular weight excluding hydrogens is 370 g/mol. The number of thioether (sulfide) groups is 1. The first-order valence-corrected chi connectivity index (χ1v) is 11.4. The van der Waals surface area contributed by atoms with Crippen molar-refractivity contribution in [2.75, 3.05) is 13.2 Å². The molecule has 3 atom stereocenters. The van der Waals surface area contributed by atoms with E-state index in [9.17, 15) is 9.59 Å². The van der Waals surface area contributed by atoms with Crippen LogP contribution in [0.1, 0.15) is 58.6 Å². The predicted octanol–water partition coefficient (Wildman–Crippen LogP) is 4.20. The summed E-state index contributed by atoms with van der Waals surface area (Å²) in [5.41, 5.74) is 2.70. The number of carbonyl (C=O) groups excluding carboxylic acids is 2. The highest BCUT2D eigenvalue weighted by atomic mass is 32.2. The summed E-state index contributed by atoms with van der Waals surface area (Å²) in [5.74, 6) is 1.40. The number of amides is 1. The van der Waals surface area contributed by atoms with E-state index in [4.69, 9.17) is 4.74 Å². The molecule has 5 heteroatoms. The quantitative estimate of drug-likeness (QED) is 0.714. The number of ketones is 1. The van der Waals surface area contributed by atoms with Crippen molar-refractivity contribution >= 4 is 23.5 Å². The van der Waals surface area contributed by atoms with E-state index in [0.717, 1.165) is 18.6 Å². The molecule has 0 spiro atoms. The van der Waals surface area contributed by atoms with Crippen molar-refractivity contribution in [2.24, 2.45) is 5.92 Å². The van der Waals surface area contributed by atoms with Gasteiger partial charge in [-0.15, -0.1) is 11.8 Å². The lowest BCUT2D eigenvalue weighted by Crippen LogP contribution is -2.46. The number of Topliss-reactive ketones (excluding diaryl/α,β-unsaturated/α-hetero) is 1. The minimum Gasteiger partial charge on any atom is -0.368 e. The molecule has 0 saturated carbocycles. The average molecular weight is 404 g/mol. The van der Waals surface area contributed by atoms with Gasteiger partial charge in [-0.2, -0.15) is 0 Å². The van der Waals surface area contributed by atoms with Crippen molar-refractivity contribution in [2.45, 2.75) is 76.0 Å². The first-order valence-electron chi connectivity index (χ1n) is 10.3. The lowest BCUT2D eigenvalue weighted by molar-refractivity contribution is -0.136. The first kappa shape index (κ1) is 21.4. The molecular formula is C23H33NO3S. The van der Waals surface area contributed by atoms with E-state index in [1.165, 1.54) is 11.1 Å². The van der Waals surface area contributed by atoms with Gasteiger partial charge >= 0.3 is 0 Å². The molecule has 0 unspecified atom stereocenters. The van der Waals surface area contributed by atoms with E-state index >= 15 is 0 Å². The third-order valence-electron chi connectivity index (χ3n) is 5.63. The van der Waals surface area contributed by atoms with Crippen LogP contribution in [0.3, 0.4) is 0 Å². The number of rotatable bonds is 6. The minimum absolute atomic E-state index is 0.0573. The Morgan fingerprint density at radius 2 is 1.93 bits per heavy atom. The summed E-state index contributed by atoms with van der Waals surface area (Å²) in [6.45, 7) is 11.7. The maximum Gasteiger partial charge on any atom is 0.236 e. The highest BCUT2D eigenvalue weighted by Gasteiger charge is 2.47. The van der Waals surface area contributed by atoms with Crippen molar-refractivity contribution in [3.05, 3.63) is 35.4 Å². The van der Waals surface area contributed by atoms with Crippen molar-refractivity contribution in [1.82, 2.24) is 4.90 Å². The van der Waals surface area contributed by atoms with E-state index in [1.54, 1.807) is 16.7 Å². The predicted molar refractivity (Wildman–Crippen MR) is 115 cm³/mol. The zero-order valence-corrected chi connectivity index (χ0v) is 18.6. The Morgan fingerprint density at radius 3 is 2.54 bits per heavy atom. The molecule has 2 heterocycles. The van der Waals surface area contributed by atoms with Crippen LogP contribution in [0.2, 0.25) is 0 Å². The molecule has 0 bridgehead atoms. The number of hydrogen-bond donors (Lipinski definition) is 0. The number of nitrogens with zero attached hydrogens (tertiary/aromatic N) is 1. The second-order valence-electron chi connectivity index (χ2n) is 9.46. The Morgan fingerprint density at radius 1 is 1.25 bits per heavy atom. The number of likely N-dealkylation sites (tertiary alicyclic amines) is 1. The van der Waals surface area contributed by atoms with Crippen molar-refractivity contribution < 1.29 is 14.3 Å². The van der Waals surface area contributed by atoms with Gasteiger partial charge in [-0.1, -0.05) is 58.9 Å². The molecule has 28 heavy (non-hydrogen) atoms. The summed E-state index contributed by atoms with van der Waals surface area (Å²) in [6, 6.07) is 8.37. The summed E-state index contributed by atoms with van der Waals surface area (Å²) in [6.07, 6.45) is 1.51. The maximum absolute atomic E-state index is 13.3. The Bertz CT molecular complexity index is 708. The summed E-state index contributed by atoms with van der Waals surface area (Å²) >= 11 is 1.70. The van der Waals surface area contributed by atoms with Gasteiger partial charge < -0.3 is 9.64 Å². The molecule has 0 radical (unpaired) electrons. The van der Waals surface area contributed by atoms with Crippen LogP contribution >= 0.6 is 11.8 Å². The van der Waals surface area contributed by atoms with Crippen LogP contribution in [0.4, 0.5) is 0 Å². The molecule has 2 fully saturated rings. The summed E-state index contributed by atoms with van der Waals surface area (Å²) in [4.78, 5) is 27.2. The van der Waals surface area contributed by atoms with Crippen LogP contribution in [-0.2, 0) is 25.5 Å². The topological polar surface area (TPSA) is 46.6 Å². The minimum atomic E-state index is -0.353. The fourth-order valence-corrected chi connectivity index (χ4v) is 5.38. The monoisotopic (exact) mass is 403 g/mol. The SMILES string of the molecule is CC(C)C[C@H](SCc1ccc(C(C)(C)C)cc1)C(=O)N1CC[C@H]2OCC(=O)[C@H]21. The summed E-state index contributed by atoms with van der Waals surface area (Å²) in [5, 5.41) is -0.116. The van der Waals surface area contributed by atoms with Crippen LogP contribution in [0.5, 0.6) is 0 Å². The molecule has 3 rings (SSSR count). The van der Waals surface area contributed by atoms with Crippen molar-refractivity contribution in [3.8, 4) is 0 Å². The van der Waals surface area contributed by atoms with Gasteiger partial charge in [-0.05, 0) is 35.3 Å². The van der Waals surface area contributed by atoms with Crippen molar-refractivity contribution in [3.63, 3.8) is 0 Å². The van der Waals surface area contributed by atoms with Gasteiger partial charge in [-0.3, -0.25) is 9.59 Å². The Kier molecular flexibility index (Phi) is 6.55. The fourth-order valence-electron chi connectivity index (χ4n) is 3.99. The molecule has 0 aliphatic carbocycles. The Labute approximate surface area is 173 Å². The maximum atomic E-state index is 13.3. The number of fused-ring (bicyclic) bond motifs is 1. The standard InChI is InChI=1S/C23H33NO3S/c1-15(2)12-20(22(26)24-11-10-19-21(24)18(25)13-27-19)28-14-16-6-8-17(9-7-16)23(3,4)5/h6-9,15,19-21H,10-14H2,1-5H3/t19-,20+,21-/m1/s1. The molecule has 154 valence electrons. The number of benzene rings is 1. The normalized spacial score (nSPS) is 23.4. The number of carbonyl (C=O) groups is 2. The lowest BCUT2D eigenvalue weighted by atomic mass is 9.87. The van der Waals surface area contributed by atoms with Gasteiger partial charge in [0.25, 0.3) is 0 Å². The third-order valence-corrected chi connectivity index (χ3v) is 6.92. The molecule has 1 amide bonds. The molecule has 1 aromatic rings. The highest BCUT2D eigenvalue weighted by Crippen LogP contribution is 2.32. The molecule has 0 aromatic heterocycles. The first-order chi connectivity index (χ1) is 13.2. The average Bonchev–Trinajstić information content (AvgIpc) is 3.20. The van der Waals surface area contributed by atoms with Crippen LogP contribution in [0.15, 0.2) is 24.3 Å². The van der Waals surface area contributed by atoms with E-state index < -0.39 is 0 Å². The van der Waals surface area contributed by atoms with Crippen molar-refractivity contribution in [1.29, 1.82) is 0 Å². The van der Waals surface area contributed by atoms with Gasteiger partial charge in [0.05, 0.1) is 11.4 Å². The van der Waals surface area contributed by atoms with Gasteiger partial charge in [0, 0.05) is 12.3 Å². The lowest BCUT2D eigenvalue weighted by Gasteiger charge is -2.27.